The molecule has 2 unspecified atom stereocenters. The molecule has 0 heterocycles. The highest BCUT2D eigenvalue weighted by molar-refractivity contribution is 6.30. The van der Waals surface area contributed by atoms with Gasteiger partial charge >= 0.3 is 0 Å². The number of ether oxygens (including phenoxy) is 1. The Labute approximate surface area is 113 Å². The summed E-state index contributed by atoms with van der Waals surface area (Å²) in [4.78, 5) is 11.3. The second-order valence-corrected chi connectivity index (χ2v) is 5.14. The molecule has 0 fully saturated rings. The van der Waals surface area contributed by atoms with Gasteiger partial charge in [-0.3, -0.25) is 4.79 Å². The third kappa shape index (κ3) is 4.22. The van der Waals surface area contributed by atoms with Crippen LogP contribution >= 0.6 is 11.6 Å². The number of hydrogen-bond acceptors (Lipinski definition) is 2. The molecule has 3 nitrogen and oxygen atoms in total. The molecule has 0 aromatic heterocycles. The third-order valence-corrected chi connectivity index (χ3v) is 3.01. The molecule has 1 aromatic rings. The van der Waals surface area contributed by atoms with Gasteiger partial charge in [0.05, 0.1) is 6.54 Å². The van der Waals surface area contributed by atoms with Crippen molar-refractivity contribution in [3.05, 3.63) is 29.3 Å². The maximum atomic E-state index is 11.3. The minimum Gasteiger partial charge on any atom is -0.489 e. The van der Waals surface area contributed by atoms with Crippen molar-refractivity contribution in [2.75, 3.05) is 6.54 Å². The van der Waals surface area contributed by atoms with Gasteiger partial charge in [-0.15, -0.1) is 11.6 Å². The van der Waals surface area contributed by atoms with Gasteiger partial charge in [-0.25, -0.2) is 0 Å². The first-order chi connectivity index (χ1) is 8.41. The van der Waals surface area contributed by atoms with Crippen molar-refractivity contribution in [2.24, 2.45) is 0 Å². The smallest absolute Gasteiger partial charge is 0.237 e. The molecule has 18 heavy (non-hydrogen) atoms. The lowest BCUT2D eigenvalue weighted by atomic mass is 10.1. The fraction of sp³-hybridized carbons (Fsp3) is 0.500. The number of halogens is 1. The van der Waals surface area contributed by atoms with E-state index in [9.17, 15) is 4.79 Å². The molecule has 0 aliphatic heterocycles. The fourth-order valence-electron chi connectivity index (χ4n) is 1.50. The zero-order valence-electron chi connectivity index (χ0n) is 11.3. The molecule has 1 N–H and O–H groups in total. The Morgan fingerprint density at radius 1 is 1.39 bits per heavy atom. The molecular weight excluding hydrogens is 250 g/mol. The zero-order valence-corrected chi connectivity index (χ0v) is 12.0. The normalized spacial score (nSPS) is 13.8. The van der Waals surface area contributed by atoms with Gasteiger partial charge in [-0.2, -0.15) is 0 Å². The van der Waals surface area contributed by atoms with Crippen molar-refractivity contribution in [1.29, 1.82) is 0 Å². The van der Waals surface area contributed by atoms with Crippen LogP contribution in [-0.4, -0.2) is 23.9 Å². The molecular formula is C14H20ClNO2. The molecule has 0 aliphatic carbocycles. The second kappa shape index (κ2) is 6.64. The van der Waals surface area contributed by atoms with E-state index in [4.69, 9.17) is 16.3 Å². The van der Waals surface area contributed by atoms with E-state index in [0.717, 1.165) is 11.3 Å². The summed E-state index contributed by atoms with van der Waals surface area (Å²) in [6.45, 7) is 8.08. The standard InChI is InChI=1S/C14H20ClNO2/c1-9-6-5-7-13(11(9)3)18-10(2)8-16-14(17)12(4)15/h5-7,10,12H,8H2,1-4H3,(H,16,17). The number of hydrogen-bond donors (Lipinski definition) is 1. The van der Waals surface area contributed by atoms with Gasteiger partial charge in [0.2, 0.25) is 5.91 Å². The number of rotatable bonds is 5. The summed E-state index contributed by atoms with van der Waals surface area (Å²) < 4.78 is 5.80. The topological polar surface area (TPSA) is 38.3 Å². The molecule has 2 atom stereocenters. The van der Waals surface area contributed by atoms with Crippen molar-refractivity contribution in [1.82, 2.24) is 5.32 Å². The van der Waals surface area contributed by atoms with Crippen molar-refractivity contribution >= 4 is 17.5 Å². The third-order valence-electron chi connectivity index (χ3n) is 2.81. The predicted octanol–water partition coefficient (Wildman–Crippen LogP) is 2.81. The van der Waals surface area contributed by atoms with E-state index in [1.165, 1.54) is 5.56 Å². The maximum Gasteiger partial charge on any atom is 0.237 e. The number of carbonyl (C=O) groups excluding carboxylic acids is 1. The summed E-state index contributed by atoms with van der Waals surface area (Å²) in [6, 6.07) is 5.94. The van der Waals surface area contributed by atoms with Crippen LogP contribution in [0.1, 0.15) is 25.0 Å². The van der Waals surface area contributed by atoms with Crippen LogP contribution in [0.15, 0.2) is 18.2 Å². The summed E-state index contributed by atoms with van der Waals surface area (Å²) in [5.41, 5.74) is 2.32. The summed E-state index contributed by atoms with van der Waals surface area (Å²) in [6.07, 6.45) is -0.0927. The first-order valence-corrected chi connectivity index (χ1v) is 6.50. The first kappa shape index (κ1) is 14.8. The van der Waals surface area contributed by atoms with Crippen molar-refractivity contribution in [3.63, 3.8) is 0 Å². The molecule has 0 bridgehead atoms. The Morgan fingerprint density at radius 3 is 2.67 bits per heavy atom. The summed E-state index contributed by atoms with van der Waals surface area (Å²) >= 11 is 5.67. The molecule has 0 saturated heterocycles. The molecule has 0 aliphatic rings. The number of benzene rings is 1. The van der Waals surface area contributed by atoms with Crippen molar-refractivity contribution < 1.29 is 9.53 Å². The van der Waals surface area contributed by atoms with Crippen LogP contribution in [0.4, 0.5) is 0 Å². The SMILES string of the molecule is Cc1cccc(OC(C)CNC(=O)C(C)Cl)c1C. The van der Waals surface area contributed by atoms with Crippen LogP contribution in [0, 0.1) is 13.8 Å². The molecule has 0 radical (unpaired) electrons. The van der Waals surface area contributed by atoms with Crippen LogP contribution in [0.25, 0.3) is 0 Å². The fourth-order valence-corrected chi connectivity index (χ4v) is 1.57. The monoisotopic (exact) mass is 269 g/mol. The minimum absolute atomic E-state index is 0.0927. The van der Waals surface area contributed by atoms with E-state index in [2.05, 4.69) is 5.32 Å². The Balaban J connectivity index is 2.52. The van der Waals surface area contributed by atoms with Gasteiger partial charge in [0, 0.05) is 0 Å². The number of carbonyl (C=O) groups is 1. The van der Waals surface area contributed by atoms with Crippen LogP contribution in [0.3, 0.4) is 0 Å². The highest BCUT2D eigenvalue weighted by Crippen LogP contribution is 2.21. The highest BCUT2D eigenvalue weighted by Gasteiger charge is 2.12. The minimum atomic E-state index is -0.516. The van der Waals surface area contributed by atoms with Crippen molar-refractivity contribution in [2.45, 2.75) is 39.2 Å². The van der Waals surface area contributed by atoms with Gasteiger partial charge in [-0.1, -0.05) is 12.1 Å². The van der Waals surface area contributed by atoms with Gasteiger partial charge in [0.1, 0.15) is 17.2 Å². The molecule has 0 saturated carbocycles. The van der Waals surface area contributed by atoms with Crippen LogP contribution < -0.4 is 10.1 Å². The van der Waals surface area contributed by atoms with Crippen molar-refractivity contribution in [3.8, 4) is 5.75 Å². The van der Waals surface area contributed by atoms with Gasteiger partial charge in [0.15, 0.2) is 0 Å². The first-order valence-electron chi connectivity index (χ1n) is 6.06. The molecule has 0 spiro atoms. The number of aryl methyl sites for hydroxylation is 1. The lowest BCUT2D eigenvalue weighted by molar-refractivity contribution is -0.120. The second-order valence-electron chi connectivity index (χ2n) is 4.49. The van der Waals surface area contributed by atoms with Gasteiger partial charge < -0.3 is 10.1 Å². The van der Waals surface area contributed by atoms with Crippen LogP contribution in [0.5, 0.6) is 5.75 Å². The summed E-state index contributed by atoms with van der Waals surface area (Å²) in [5.74, 6) is 0.684. The quantitative estimate of drug-likeness (QED) is 0.835. The number of amides is 1. The molecule has 1 aromatic carbocycles. The summed E-state index contributed by atoms with van der Waals surface area (Å²) in [5, 5.41) is 2.22. The lowest BCUT2D eigenvalue weighted by Gasteiger charge is -2.18. The Bertz CT molecular complexity index is 418. The predicted molar refractivity (Wildman–Crippen MR) is 74.3 cm³/mol. The number of alkyl halides is 1. The lowest BCUT2D eigenvalue weighted by Crippen LogP contribution is -2.37. The Hall–Kier alpha value is -1.22. The van der Waals surface area contributed by atoms with Gasteiger partial charge in [-0.05, 0) is 44.9 Å². The van der Waals surface area contributed by atoms with Crippen LogP contribution in [0.2, 0.25) is 0 Å². The van der Waals surface area contributed by atoms with E-state index in [1.807, 2.05) is 39.0 Å². The van der Waals surface area contributed by atoms with Gasteiger partial charge in [0.25, 0.3) is 0 Å². The largest absolute Gasteiger partial charge is 0.489 e. The Kier molecular flexibility index (Phi) is 5.48. The molecule has 100 valence electrons. The molecule has 1 rings (SSSR count). The summed E-state index contributed by atoms with van der Waals surface area (Å²) in [7, 11) is 0. The molecule has 1 amide bonds. The average molecular weight is 270 g/mol. The van der Waals surface area contributed by atoms with E-state index >= 15 is 0 Å². The van der Waals surface area contributed by atoms with E-state index < -0.39 is 5.38 Å². The highest BCUT2D eigenvalue weighted by atomic mass is 35.5. The van der Waals surface area contributed by atoms with E-state index in [1.54, 1.807) is 6.92 Å². The van der Waals surface area contributed by atoms with E-state index in [0.29, 0.717) is 6.54 Å². The van der Waals surface area contributed by atoms with E-state index in [-0.39, 0.29) is 12.0 Å². The Morgan fingerprint density at radius 2 is 2.06 bits per heavy atom. The molecule has 4 heteroatoms. The average Bonchev–Trinajstić information content (AvgIpc) is 2.32. The van der Waals surface area contributed by atoms with Crippen LogP contribution in [-0.2, 0) is 4.79 Å². The zero-order chi connectivity index (χ0) is 13.7. The number of nitrogens with one attached hydrogen (secondary N) is 1. The maximum absolute atomic E-state index is 11.3.